The number of nitrogens with zero attached hydrogens (tertiary/aromatic N) is 3. The smallest absolute Gasteiger partial charge is 0.271 e. The molecule has 1 aromatic carbocycles. The first-order valence-corrected chi connectivity index (χ1v) is 10.3. The minimum absolute atomic E-state index is 0.0619. The number of carbonyl (C=O) groups is 2. The third-order valence-corrected chi connectivity index (χ3v) is 5.78. The molecule has 0 unspecified atom stereocenters. The molecule has 4 N–H and O–H groups in total. The number of imidazole rings is 1. The molecule has 1 aliphatic carbocycles. The number of benzene rings is 1. The molecule has 3 aromatic rings. The zero-order chi connectivity index (χ0) is 21.3. The van der Waals surface area contributed by atoms with Crippen molar-refractivity contribution in [2.75, 3.05) is 5.32 Å². The van der Waals surface area contributed by atoms with Crippen LogP contribution in [0.3, 0.4) is 0 Å². The van der Waals surface area contributed by atoms with Crippen LogP contribution in [0.25, 0.3) is 5.65 Å². The molecule has 0 aliphatic heterocycles. The second-order valence-corrected chi connectivity index (χ2v) is 8.05. The topological polar surface area (TPSA) is 114 Å². The van der Waals surface area contributed by atoms with E-state index in [-0.39, 0.29) is 35.2 Å². The standard InChI is InChI=1S/C21H23ClN6O2/c1-12-10-15(6-7-17(12)22)26-20(29)16-11-18(27-28-9-8-24-19(16)28)21(30)25-14-4-2-13(23)3-5-14/h6-11,13-14H,2-5,23H2,1H3,(H,25,30)(H,26,29). The Kier molecular flexibility index (Phi) is 5.69. The average Bonchev–Trinajstić information content (AvgIpc) is 3.20. The van der Waals surface area contributed by atoms with Crippen molar-refractivity contribution in [1.29, 1.82) is 0 Å². The van der Waals surface area contributed by atoms with Gasteiger partial charge in [-0.25, -0.2) is 9.50 Å². The maximum absolute atomic E-state index is 13.0. The van der Waals surface area contributed by atoms with Crippen molar-refractivity contribution in [1.82, 2.24) is 19.9 Å². The van der Waals surface area contributed by atoms with E-state index in [1.807, 2.05) is 6.92 Å². The number of carbonyl (C=O) groups excluding carboxylic acids is 2. The molecule has 0 spiro atoms. The van der Waals surface area contributed by atoms with Crippen LogP contribution in [0.15, 0.2) is 36.7 Å². The summed E-state index contributed by atoms with van der Waals surface area (Å²) in [6.07, 6.45) is 6.58. The molecule has 2 heterocycles. The largest absolute Gasteiger partial charge is 0.348 e. The van der Waals surface area contributed by atoms with Gasteiger partial charge in [0.15, 0.2) is 5.65 Å². The molecule has 2 aromatic heterocycles. The van der Waals surface area contributed by atoms with Crippen molar-refractivity contribution in [2.24, 2.45) is 5.73 Å². The lowest BCUT2D eigenvalue weighted by molar-refractivity contribution is 0.0919. The molecule has 2 amide bonds. The van der Waals surface area contributed by atoms with Crippen LogP contribution in [0.1, 0.15) is 52.1 Å². The van der Waals surface area contributed by atoms with Gasteiger partial charge in [0.05, 0.1) is 5.56 Å². The van der Waals surface area contributed by atoms with Crippen LogP contribution < -0.4 is 16.4 Å². The number of aryl methyl sites for hydroxylation is 1. The number of amides is 2. The summed E-state index contributed by atoms with van der Waals surface area (Å²) in [6, 6.07) is 6.96. The van der Waals surface area contributed by atoms with Crippen molar-refractivity contribution >= 4 is 34.7 Å². The van der Waals surface area contributed by atoms with E-state index in [1.54, 1.807) is 24.4 Å². The SMILES string of the molecule is Cc1cc(NC(=O)c2cc(C(=O)NC3CCC(N)CC3)nn3ccnc23)ccc1Cl. The summed E-state index contributed by atoms with van der Waals surface area (Å²) in [5, 5.41) is 10.8. The highest BCUT2D eigenvalue weighted by Crippen LogP contribution is 2.21. The average molecular weight is 427 g/mol. The molecule has 0 radical (unpaired) electrons. The molecular formula is C21H23ClN6O2. The Morgan fingerprint density at radius 3 is 2.67 bits per heavy atom. The molecule has 8 nitrogen and oxygen atoms in total. The highest BCUT2D eigenvalue weighted by Gasteiger charge is 2.23. The first-order chi connectivity index (χ1) is 14.4. The van der Waals surface area contributed by atoms with Crippen LogP contribution in [-0.2, 0) is 0 Å². The molecule has 156 valence electrons. The van der Waals surface area contributed by atoms with E-state index in [1.165, 1.54) is 16.8 Å². The summed E-state index contributed by atoms with van der Waals surface area (Å²) in [6.45, 7) is 1.86. The summed E-state index contributed by atoms with van der Waals surface area (Å²) in [5.74, 6) is -0.699. The first kappa shape index (κ1) is 20.3. The van der Waals surface area contributed by atoms with Gasteiger partial charge in [-0.1, -0.05) is 11.6 Å². The monoisotopic (exact) mass is 426 g/mol. The second kappa shape index (κ2) is 8.41. The zero-order valence-electron chi connectivity index (χ0n) is 16.6. The van der Waals surface area contributed by atoms with Crippen molar-refractivity contribution in [3.63, 3.8) is 0 Å². The lowest BCUT2D eigenvalue weighted by Gasteiger charge is -2.26. The highest BCUT2D eigenvalue weighted by atomic mass is 35.5. The predicted molar refractivity (Wildman–Crippen MR) is 115 cm³/mol. The van der Waals surface area contributed by atoms with E-state index in [4.69, 9.17) is 17.3 Å². The Labute approximate surface area is 178 Å². The van der Waals surface area contributed by atoms with E-state index < -0.39 is 0 Å². The molecule has 0 atom stereocenters. The zero-order valence-corrected chi connectivity index (χ0v) is 17.3. The van der Waals surface area contributed by atoms with Crippen LogP contribution in [-0.4, -0.2) is 38.5 Å². The predicted octanol–water partition coefficient (Wildman–Crippen LogP) is 2.94. The molecule has 1 saturated carbocycles. The number of nitrogens with two attached hydrogens (primary N) is 1. The van der Waals surface area contributed by atoms with Crippen molar-refractivity contribution < 1.29 is 9.59 Å². The fourth-order valence-corrected chi connectivity index (χ4v) is 3.76. The molecular weight excluding hydrogens is 404 g/mol. The molecule has 0 saturated heterocycles. The highest BCUT2D eigenvalue weighted by molar-refractivity contribution is 6.31. The summed E-state index contributed by atoms with van der Waals surface area (Å²) < 4.78 is 1.44. The van der Waals surface area contributed by atoms with E-state index in [0.29, 0.717) is 16.4 Å². The van der Waals surface area contributed by atoms with Gasteiger partial charge in [0.25, 0.3) is 11.8 Å². The number of rotatable bonds is 4. The quantitative estimate of drug-likeness (QED) is 0.593. The van der Waals surface area contributed by atoms with Gasteiger partial charge < -0.3 is 16.4 Å². The summed E-state index contributed by atoms with van der Waals surface area (Å²) in [7, 11) is 0. The van der Waals surface area contributed by atoms with Crippen LogP contribution in [0, 0.1) is 6.92 Å². The Hall–Kier alpha value is -2.97. The molecule has 9 heteroatoms. The third-order valence-electron chi connectivity index (χ3n) is 5.36. The molecule has 1 aliphatic rings. The van der Waals surface area contributed by atoms with E-state index in [2.05, 4.69) is 20.7 Å². The van der Waals surface area contributed by atoms with Crippen molar-refractivity contribution in [2.45, 2.75) is 44.7 Å². The van der Waals surface area contributed by atoms with Crippen LogP contribution in [0.2, 0.25) is 5.02 Å². The van der Waals surface area contributed by atoms with Crippen LogP contribution in [0.5, 0.6) is 0 Å². The van der Waals surface area contributed by atoms with Gasteiger partial charge in [-0.2, -0.15) is 5.10 Å². The Morgan fingerprint density at radius 2 is 1.93 bits per heavy atom. The van der Waals surface area contributed by atoms with Gasteiger partial charge in [0.2, 0.25) is 0 Å². The number of halogens is 1. The minimum atomic E-state index is -0.381. The Morgan fingerprint density at radius 1 is 1.17 bits per heavy atom. The van der Waals surface area contributed by atoms with Gasteiger partial charge in [-0.15, -0.1) is 0 Å². The van der Waals surface area contributed by atoms with Gasteiger partial charge >= 0.3 is 0 Å². The summed E-state index contributed by atoms with van der Waals surface area (Å²) in [5.41, 5.74) is 8.19. The van der Waals surface area contributed by atoms with E-state index >= 15 is 0 Å². The third kappa shape index (κ3) is 4.29. The van der Waals surface area contributed by atoms with Gasteiger partial charge in [-0.05, 0) is 62.4 Å². The minimum Gasteiger partial charge on any atom is -0.348 e. The summed E-state index contributed by atoms with van der Waals surface area (Å²) in [4.78, 5) is 30.0. The lowest BCUT2D eigenvalue weighted by Crippen LogP contribution is -2.41. The molecule has 4 rings (SSSR count). The number of anilines is 1. The molecule has 0 bridgehead atoms. The van der Waals surface area contributed by atoms with E-state index in [9.17, 15) is 9.59 Å². The number of nitrogens with one attached hydrogen (secondary N) is 2. The summed E-state index contributed by atoms with van der Waals surface area (Å²) >= 11 is 6.06. The van der Waals surface area contributed by atoms with Gasteiger partial charge in [-0.3, -0.25) is 9.59 Å². The molecule has 1 fully saturated rings. The fourth-order valence-electron chi connectivity index (χ4n) is 3.64. The van der Waals surface area contributed by atoms with Crippen molar-refractivity contribution in [3.8, 4) is 0 Å². The number of aromatic nitrogens is 3. The van der Waals surface area contributed by atoms with E-state index in [0.717, 1.165) is 31.2 Å². The van der Waals surface area contributed by atoms with Gasteiger partial charge in [0.1, 0.15) is 5.69 Å². The van der Waals surface area contributed by atoms with Crippen molar-refractivity contribution in [3.05, 3.63) is 58.5 Å². The number of fused-ring (bicyclic) bond motifs is 1. The fraction of sp³-hybridized carbons (Fsp3) is 0.333. The second-order valence-electron chi connectivity index (χ2n) is 7.64. The maximum Gasteiger partial charge on any atom is 0.271 e. The normalized spacial score (nSPS) is 18.9. The van der Waals surface area contributed by atoms with Gasteiger partial charge in [0, 0.05) is 35.2 Å². The number of hydrogen-bond donors (Lipinski definition) is 3. The number of hydrogen-bond acceptors (Lipinski definition) is 5. The maximum atomic E-state index is 13.0. The Bertz CT molecular complexity index is 1100. The Balaban J connectivity index is 1.58. The van der Waals surface area contributed by atoms with Crippen LogP contribution in [0.4, 0.5) is 5.69 Å². The molecule has 30 heavy (non-hydrogen) atoms. The lowest BCUT2D eigenvalue weighted by atomic mass is 9.92. The first-order valence-electron chi connectivity index (χ1n) is 9.89. The van der Waals surface area contributed by atoms with Crippen LogP contribution >= 0.6 is 11.6 Å².